The Balaban J connectivity index is 2.87. The number of esters is 1. The molecule has 0 fully saturated rings. The molecule has 0 heterocycles. The third-order valence-electron chi connectivity index (χ3n) is 2.30. The van der Waals surface area contributed by atoms with Crippen LogP contribution in [-0.2, 0) is 14.3 Å². The predicted molar refractivity (Wildman–Crippen MR) is 69.8 cm³/mol. The van der Waals surface area contributed by atoms with Gasteiger partial charge in [0.15, 0.2) is 0 Å². The fourth-order valence-electron chi connectivity index (χ4n) is 1.54. The van der Waals surface area contributed by atoms with E-state index in [9.17, 15) is 9.59 Å². The highest BCUT2D eigenvalue weighted by molar-refractivity contribution is 6.16. The molecule has 4 nitrogen and oxygen atoms in total. The van der Waals surface area contributed by atoms with E-state index in [4.69, 9.17) is 4.74 Å². The van der Waals surface area contributed by atoms with Crippen LogP contribution in [-0.4, -0.2) is 24.5 Å². The molecule has 0 spiro atoms. The Morgan fingerprint density at radius 1 is 1.33 bits per heavy atom. The van der Waals surface area contributed by atoms with E-state index in [1.807, 2.05) is 38.2 Å². The Bertz CT molecular complexity index is 393. The lowest BCUT2D eigenvalue weighted by Gasteiger charge is -2.11. The molecular formula is C14H19NO3. The van der Waals surface area contributed by atoms with Crippen LogP contribution in [0.5, 0.6) is 0 Å². The van der Waals surface area contributed by atoms with E-state index in [-0.39, 0.29) is 24.1 Å². The van der Waals surface area contributed by atoms with Crippen LogP contribution >= 0.6 is 0 Å². The highest BCUT2D eigenvalue weighted by atomic mass is 16.5. The fourth-order valence-corrected chi connectivity index (χ4v) is 1.54. The first-order chi connectivity index (χ1) is 8.54. The molecule has 0 aromatic carbocycles. The Morgan fingerprint density at radius 3 is 2.44 bits per heavy atom. The van der Waals surface area contributed by atoms with Crippen molar-refractivity contribution in [2.75, 3.05) is 6.61 Å². The van der Waals surface area contributed by atoms with Gasteiger partial charge in [-0.15, -0.1) is 0 Å². The average molecular weight is 249 g/mol. The van der Waals surface area contributed by atoms with E-state index in [0.717, 1.165) is 0 Å². The second kappa shape index (κ2) is 6.79. The van der Waals surface area contributed by atoms with Gasteiger partial charge in [0, 0.05) is 12.0 Å². The highest BCUT2D eigenvalue weighted by Gasteiger charge is 2.21. The monoisotopic (exact) mass is 249 g/mol. The van der Waals surface area contributed by atoms with Gasteiger partial charge in [0.2, 0.25) is 0 Å². The van der Waals surface area contributed by atoms with Crippen molar-refractivity contribution < 1.29 is 14.3 Å². The zero-order chi connectivity index (χ0) is 13.5. The maximum absolute atomic E-state index is 11.9. The lowest BCUT2D eigenvalue weighted by molar-refractivity contribution is -0.140. The third kappa shape index (κ3) is 4.20. The number of hydrogen-bond acceptors (Lipinski definition) is 3. The molecule has 0 saturated carbocycles. The van der Waals surface area contributed by atoms with Crippen LogP contribution < -0.4 is 5.32 Å². The zero-order valence-corrected chi connectivity index (χ0v) is 11.0. The minimum atomic E-state index is -0.579. The number of amides is 1. The van der Waals surface area contributed by atoms with E-state index in [1.54, 1.807) is 13.0 Å². The van der Waals surface area contributed by atoms with Gasteiger partial charge in [-0.05, 0) is 20.8 Å². The topological polar surface area (TPSA) is 55.4 Å². The van der Waals surface area contributed by atoms with Crippen molar-refractivity contribution in [1.82, 2.24) is 5.32 Å². The van der Waals surface area contributed by atoms with Crippen molar-refractivity contribution in [3.8, 4) is 0 Å². The molecule has 0 aromatic rings. The molecule has 0 radical (unpaired) electrons. The summed E-state index contributed by atoms with van der Waals surface area (Å²) in [6.07, 6.45) is 9.19. The maximum Gasteiger partial charge on any atom is 0.343 e. The standard InChI is InChI=1S/C14H19NO3/c1-4-18-14(17)12(13(16)15-10(2)3)9-11-7-5-6-8-11/h5-11H,4H2,1-3H3,(H,15,16)/b12-9-. The van der Waals surface area contributed by atoms with Crippen molar-refractivity contribution in [2.45, 2.75) is 26.8 Å². The van der Waals surface area contributed by atoms with Crippen molar-refractivity contribution in [2.24, 2.45) is 5.92 Å². The van der Waals surface area contributed by atoms with Crippen LogP contribution in [0.2, 0.25) is 0 Å². The Morgan fingerprint density at radius 2 is 1.94 bits per heavy atom. The first-order valence-electron chi connectivity index (χ1n) is 6.09. The minimum Gasteiger partial charge on any atom is -0.462 e. The molecular weight excluding hydrogens is 230 g/mol. The van der Waals surface area contributed by atoms with Gasteiger partial charge in [0.05, 0.1) is 6.61 Å². The van der Waals surface area contributed by atoms with Crippen molar-refractivity contribution >= 4 is 11.9 Å². The molecule has 1 aliphatic rings. The molecule has 0 aromatic heterocycles. The summed E-state index contributed by atoms with van der Waals surface area (Å²) in [5, 5.41) is 2.70. The summed E-state index contributed by atoms with van der Waals surface area (Å²) in [6, 6.07) is -0.0232. The van der Waals surface area contributed by atoms with Gasteiger partial charge in [0.25, 0.3) is 5.91 Å². The minimum absolute atomic E-state index is 0.0232. The number of allylic oxidation sites excluding steroid dienone is 5. The van der Waals surface area contributed by atoms with Crippen LogP contribution in [0, 0.1) is 5.92 Å². The molecule has 0 aliphatic heterocycles. The third-order valence-corrected chi connectivity index (χ3v) is 2.30. The van der Waals surface area contributed by atoms with E-state index in [2.05, 4.69) is 5.32 Å². The molecule has 0 bridgehead atoms. The summed E-state index contributed by atoms with van der Waals surface area (Å²) < 4.78 is 4.90. The predicted octanol–water partition coefficient (Wildman–Crippen LogP) is 1.74. The van der Waals surface area contributed by atoms with E-state index in [0.29, 0.717) is 0 Å². The van der Waals surface area contributed by atoms with E-state index < -0.39 is 11.9 Å². The lowest BCUT2D eigenvalue weighted by atomic mass is 10.1. The van der Waals surface area contributed by atoms with Gasteiger partial charge in [-0.25, -0.2) is 4.79 Å². The molecule has 0 atom stereocenters. The molecule has 1 aliphatic carbocycles. The summed E-state index contributed by atoms with van der Waals surface area (Å²) >= 11 is 0. The first kappa shape index (κ1) is 14.2. The summed E-state index contributed by atoms with van der Waals surface area (Å²) in [7, 11) is 0. The molecule has 1 N–H and O–H groups in total. The molecule has 1 amide bonds. The van der Waals surface area contributed by atoms with Crippen LogP contribution in [0.15, 0.2) is 36.0 Å². The molecule has 98 valence electrons. The zero-order valence-electron chi connectivity index (χ0n) is 11.0. The first-order valence-corrected chi connectivity index (χ1v) is 6.09. The van der Waals surface area contributed by atoms with E-state index >= 15 is 0 Å². The smallest absolute Gasteiger partial charge is 0.343 e. The van der Waals surface area contributed by atoms with Gasteiger partial charge in [-0.1, -0.05) is 30.4 Å². The Hall–Kier alpha value is -1.84. The van der Waals surface area contributed by atoms with Gasteiger partial charge in [-0.2, -0.15) is 0 Å². The van der Waals surface area contributed by atoms with E-state index in [1.165, 1.54) is 0 Å². The number of nitrogens with one attached hydrogen (secondary N) is 1. The van der Waals surface area contributed by atoms with Gasteiger partial charge < -0.3 is 10.1 Å². The number of carbonyl (C=O) groups excluding carboxylic acids is 2. The molecule has 4 heteroatoms. The molecule has 0 saturated heterocycles. The van der Waals surface area contributed by atoms with Crippen LogP contribution in [0.3, 0.4) is 0 Å². The highest BCUT2D eigenvalue weighted by Crippen LogP contribution is 2.14. The number of hydrogen-bond donors (Lipinski definition) is 1. The summed E-state index contributed by atoms with van der Waals surface area (Å²) in [6.45, 7) is 5.65. The van der Waals surface area contributed by atoms with Crippen LogP contribution in [0.4, 0.5) is 0 Å². The van der Waals surface area contributed by atoms with Crippen molar-refractivity contribution in [3.05, 3.63) is 36.0 Å². The van der Waals surface area contributed by atoms with Gasteiger partial charge in [0.1, 0.15) is 5.57 Å². The van der Waals surface area contributed by atoms with Crippen molar-refractivity contribution in [1.29, 1.82) is 0 Å². The molecule has 1 rings (SSSR count). The fraction of sp³-hybridized carbons (Fsp3) is 0.429. The van der Waals surface area contributed by atoms with Gasteiger partial charge in [-0.3, -0.25) is 4.79 Å². The van der Waals surface area contributed by atoms with Crippen molar-refractivity contribution in [3.63, 3.8) is 0 Å². The summed E-state index contributed by atoms with van der Waals surface area (Å²) in [4.78, 5) is 23.7. The number of ether oxygens (including phenoxy) is 1. The van der Waals surface area contributed by atoms with Gasteiger partial charge >= 0.3 is 5.97 Å². The molecule has 0 unspecified atom stereocenters. The second-order valence-corrected chi connectivity index (χ2v) is 4.28. The summed E-state index contributed by atoms with van der Waals surface area (Å²) in [5.74, 6) is -0.996. The average Bonchev–Trinajstić information content (AvgIpc) is 2.77. The number of rotatable bonds is 5. The van der Waals surface area contributed by atoms with Crippen LogP contribution in [0.1, 0.15) is 20.8 Å². The largest absolute Gasteiger partial charge is 0.462 e. The quantitative estimate of drug-likeness (QED) is 0.349. The summed E-state index contributed by atoms with van der Waals surface area (Å²) in [5.41, 5.74) is 0.0618. The number of carbonyl (C=O) groups is 2. The molecule has 18 heavy (non-hydrogen) atoms. The normalized spacial score (nSPS) is 15.2. The Kier molecular flexibility index (Phi) is 5.36. The lowest BCUT2D eigenvalue weighted by Crippen LogP contribution is -2.34. The van der Waals surface area contributed by atoms with Crippen LogP contribution in [0.25, 0.3) is 0 Å². The Labute approximate surface area is 107 Å². The SMILES string of the molecule is CCOC(=O)/C(=C\C1C=CC=C1)C(=O)NC(C)C. The second-order valence-electron chi connectivity index (χ2n) is 4.28. The maximum atomic E-state index is 11.9.